The highest BCUT2D eigenvalue weighted by Crippen LogP contribution is 2.66. The molecule has 0 bridgehead atoms. The van der Waals surface area contributed by atoms with E-state index in [4.69, 9.17) is 0 Å². The van der Waals surface area contributed by atoms with Gasteiger partial charge in [-0.2, -0.15) is 0 Å². The van der Waals surface area contributed by atoms with E-state index in [1.807, 2.05) is 0 Å². The van der Waals surface area contributed by atoms with Gasteiger partial charge in [0.15, 0.2) is 0 Å². The first-order valence-corrected chi connectivity index (χ1v) is 25.3. The Morgan fingerprint density at radius 1 is 0.250 bits per heavy atom. The van der Waals surface area contributed by atoms with E-state index in [2.05, 4.69) is 292 Å². The van der Waals surface area contributed by atoms with Crippen LogP contribution in [-0.2, 0) is 16.2 Å². The van der Waals surface area contributed by atoms with E-state index in [1.165, 1.54) is 100 Å². The van der Waals surface area contributed by atoms with Crippen molar-refractivity contribution in [2.24, 2.45) is 0 Å². The number of fused-ring (bicyclic) bond motifs is 8. The van der Waals surface area contributed by atoms with Gasteiger partial charge >= 0.3 is 0 Å². The van der Waals surface area contributed by atoms with Gasteiger partial charge in [0.05, 0.1) is 10.8 Å². The first-order valence-electron chi connectivity index (χ1n) is 25.3. The summed E-state index contributed by atoms with van der Waals surface area (Å²) in [5, 5.41) is 0. The molecule has 340 valence electrons. The maximum atomic E-state index is 2.43. The van der Waals surface area contributed by atoms with Gasteiger partial charge in [-0.1, -0.05) is 250 Å². The number of hydrogen-bond donors (Lipinski definition) is 0. The molecule has 14 rings (SSSR count). The number of nitrogens with zero attached hydrogens (tertiary/aromatic N) is 1. The molecule has 0 radical (unpaired) electrons. The number of rotatable bonds is 8. The molecule has 0 aliphatic heterocycles. The van der Waals surface area contributed by atoms with E-state index < -0.39 is 10.8 Å². The predicted molar refractivity (Wildman–Crippen MR) is 299 cm³/mol. The molecule has 0 saturated heterocycles. The smallest absolute Gasteiger partial charge is 0.0720 e. The topological polar surface area (TPSA) is 3.24 Å². The first-order chi connectivity index (χ1) is 35.5. The Bertz CT molecular complexity index is 3870. The van der Waals surface area contributed by atoms with Crippen LogP contribution in [0.5, 0.6) is 0 Å². The summed E-state index contributed by atoms with van der Waals surface area (Å²) in [6.45, 7) is 4.73. The normalized spacial score (nSPS) is 17.2. The molecule has 3 aliphatic carbocycles. The van der Waals surface area contributed by atoms with Crippen molar-refractivity contribution in [3.63, 3.8) is 0 Å². The minimum absolute atomic E-state index is 0.132. The van der Waals surface area contributed by atoms with Crippen LogP contribution in [-0.4, -0.2) is 0 Å². The molecule has 3 aliphatic rings. The Hall–Kier alpha value is -8.78. The zero-order valence-electron chi connectivity index (χ0n) is 40.4. The summed E-state index contributed by atoms with van der Waals surface area (Å²) in [5.74, 6) is 0. The average molecular weight is 918 g/mol. The largest absolute Gasteiger partial charge is 0.310 e. The van der Waals surface area contributed by atoms with E-state index in [1.54, 1.807) is 0 Å². The van der Waals surface area contributed by atoms with Crippen molar-refractivity contribution in [3.8, 4) is 44.5 Å². The van der Waals surface area contributed by atoms with E-state index in [9.17, 15) is 0 Å². The predicted octanol–water partition coefficient (Wildman–Crippen LogP) is 17.9. The summed E-state index contributed by atoms with van der Waals surface area (Å²) < 4.78 is 0. The molecule has 0 heterocycles. The van der Waals surface area contributed by atoms with Gasteiger partial charge in [0.25, 0.3) is 0 Å². The van der Waals surface area contributed by atoms with Crippen LogP contribution in [0.15, 0.2) is 273 Å². The molecule has 72 heavy (non-hydrogen) atoms. The van der Waals surface area contributed by atoms with Crippen molar-refractivity contribution in [2.75, 3.05) is 4.90 Å². The monoisotopic (exact) mass is 917 g/mol. The van der Waals surface area contributed by atoms with E-state index >= 15 is 0 Å². The summed E-state index contributed by atoms with van der Waals surface area (Å²) in [5.41, 5.74) is 25.3. The van der Waals surface area contributed by atoms with Gasteiger partial charge in [0.2, 0.25) is 0 Å². The molecule has 0 saturated carbocycles. The van der Waals surface area contributed by atoms with Crippen LogP contribution in [0, 0.1) is 0 Å². The molecular weight excluding hydrogens is 867 g/mol. The Morgan fingerprint density at radius 3 is 1.28 bits per heavy atom. The van der Waals surface area contributed by atoms with Gasteiger partial charge in [0.1, 0.15) is 0 Å². The Labute approximate surface area is 423 Å². The molecule has 0 amide bonds. The lowest BCUT2D eigenvalue weighted by Crippen LogP contribution is -2.44. The fourth-order valence-electron chi connectivity index (χ4n) is 13.4. The van der Waals surface area contributed by atoms with Crippen molar-refractivity contribution in [1.82, 2.24) is 0 Å². The number of benzene rings is 11. The van der Waals surface area contributed by atoms with Gasteiger partial charge in [-0.3, -0.25) is 0 Å². The van der Waals surface area contributed by atoms with Crippen LogP contribution in [0.25, 0.3) is 44.5 Å². The SMILES string of the molecule is CC1(C)c2ccccc2-c2ccc(N(c3ccc(-c4ccccc4)cc3)c3ccc(-c4ccccc4C4(c5ccccc5)c5ccccc5C5(c6ccccc6)c6ccccc6-c6cccc4c65)cc3)cc21. The standard InChI is InChI=1S/C71H51N/c1-69(2)61-31-15-13-28-57(61)59-46-45-55(47-67(59)69)72(53-41-37-49(38-42-53)48-21-6-3-7-22-48)54-43-39-50(40-44-54)56-27-12-16-32-62(56)70(51-23-8-4-9-24-51)64-34-18-19-35-65(64)71(52-25-10-5-11-26-52)63-33-17-14-29-58(63)60-30-20-36-66(70)68(60)71/h3-47H,1-2H3. The third-order valence-electron chi connectivity index (χ3n) is 16.4. The van der Waals surface area contributed by atoms with Crippen LogP contribution < -0.4 is 4.90 Å². The second-order valence-corrected chi connectivity index (χ2v) is 20.3. The van der Waals surface area contributed by atoms with E-state index in [-0.39, 0.29) is 5.41 Å². The van der Waals surface area contributed by atoms with Crippen molar-refractivity contribution in [1.29, 1.82) is 0 Å². The quantitative estimate of drug-likeness (QED) is 0.147. The van der Waals surface area contributed by atoms with E-state index in [0.29, 0.717) is 0 Å². The molecule has 2 atom stereocenters. The lowest BCUT2D eigenvalue weighted by Gasteiger charge is -2.50. The minimum Gasteiger partial charge on any atom is -0.310 e. The maximum Gasteiger partial charge on any atom is 0.0720 e. The molecule has 1 heteroatoms. The molecule has 0 fully saturated rings. The van der Waals surface area contributed by atoms with Crippen molar-refractivity contribution < 1.29 is 0 Å². The summed E-state index contributed by atoms with van der Waals surface area (Å²) in [7, 11) is 0. The highest BCUT2D eigenvalue weighted by atomic mass is 15.1. The molecule has 11 aromatic carbocycles. The number of anilines is 3. The summed E-state index contributed by atoms with van der Waals surface area (Å²) >= 11 is 0. The van der Waals surface area contributed by atoms with E-state index in [0.717, 1.165) is 17.1 Å². The van der Waals surface area contributed by atoms with Crippen LogP contribution in [0.1, 0.15) is 69.5 Å². The molecular formula is C71H51N. The second kappa shape index (κ2) is 16.1. The molecule has 1 nitrogen and oxygen atoms in total. The molecule has 0 N–H and O–H groups in total. The van der Waals surface area contributed by atoms with Crippen LogP contribution >= 0.6 is 0 Å². The summed E-state index contributed by atoms with van der Waals surface area (Å²) in [6, 6.07) is 102. The Morgan fingerprint density at radius 2 is 0.653 bits per heavy atom. The Kier molecular flexibility index (Phi) is 9.44. The summed E-state index contributed by atoms with van der Waals surface area (Å²) in [6.07, 6.45) is 0. The molecule has 0 aromatic heterocycles. The van der Waals surface area contributed by atoms with Crippen molar-refractivity contribution in [3.05, 3.63) is 329 Å². The first kappa shape index (κ1) is 42.1. The van der Waals surface area contributed by atoms with Crippen LogP contribution in [0.2, 0.25) is 0 Å². The summed E-state index contributed by atoms with van der Waals surface area (Å²) in [4.78, 5) is 2.43. The molecule has 11 aromatic rings. The van der Waals surface area contributed by atoms with Gasteiger partial charge in [-0.05, 0) is 137 Å². The zero-order chi connectivity index (χ0) is 48.0. The fourth-order valence-corrected chi connectivity index (χ4v) is 13.4. The van der Waals surface area contributed by atoms with Crippen molar-refractivity contribution >= 4 is 17.1 Å². The van der Waals surface area contributed by atoms with Gasteiger partial charge in [0, 0.05) is 22.5 Å². The van der Waals surface area contributed by atoms with Crippen molar-refractivity contribution in [2.45, 2.75) is 30.1 Å². The third kappa shape index (κ3) is 5.89. The fraction of sp³-hybridized carbons (Fsp3) is 0.0704. The lowest BCUT2D eigenvalue weighted by molar-refractivity contribution is 0.627. The maximum absolute atomic E-state index is 2.43. The van der Waals surface area contributed by atoms with Gasteiger partial charge in [-0.25, -0.2) is 0 Å². The zero-order valence-corrected chi connectivity index (χ0v) is 40.4. The lowest BCUT2D eigenvalue weighted by atomic mass is 9.51. The molecule has 0 spiro atoms. The molecule has 2 unspecified atom stereocenters. The number of hydrogen-bond acceptors (Lipinski definition) is 1. The van der Waals surface area contributed by atoms with Crippen LogP contribution in [0.3, 0.4) is 0 Å². The van der Waals surface area contributed by atoms with Gasteiger partial charge in [-0.15, -0.1) is 0 Å². The highest BCUT2D eigenvalue weighted by molar-refractivity contribution is 5.93. The second-order valence-electron chi connectivity index (χ2n) is 20.3. The third-order valence-corrected chi connectivity index (χ3v) is 16.4. The average Bonchev–Trinajstić information content (AvgIpc) is 3.88. The van der Waals surface area contributed by atoms with Crippen LogP contribution in [0.4, 0.5) is 17.1 Å². The Balaban J connectivity index is 0.967. The van der Waals surface area contributed by atoms with Gasteiger partial charge < -0.3 is 4.90 Å². The highest BCUT2D eigenvalue weighted by Gasteiger charge is 2.58. The minimum atomic E-state index is -0.667.